The first-order valence-corrected chi connectivity index (χ1v) is 12.3. The fourth-order valence-corrected chi connectivity index (χ4v) is 4.38. The first-order valence-electron chi connectivity index (χ1n) is 12.3. The van der Waals surface area contributed by atoms with Crippen LogP contribution in [0.3, 0.4) is 0 Å². The lowest BCUT2D eigenvalue weighted by atomic mass is 9.99. The van der Waals surface area contributed by atoms with Crippen molar-refractivity contribution < 1.29 is 9.53 Å². The monoisotopic (exact) mass is 489 g/mol. The molecule has 5 aromatic rings. The minimum absolute atomic E-state index is 0.209. The van der Waals surface area contributed by atoms with Crippen LogP contribution in [-0.4, -0.2) is 26.9 Å². The van der Waals surface area contributed by atoms with Crippen molar-refractivity contribution in [2.24, 2.45) is 0 Å². The smallest absolute Gasteiger partial charge is 0.355 e. The predicted octanol–water partition coefficient (Wildman–Crippen LogP) is 5.85. The number of carbonyl (C=O) groups is 1. The van der Waals surface area contributed by atoms with Gasteiger partial charge in [0.15, 0.2) is 5.82 Å². The SMILES string of the molecule is CCOC(=O)CCc1cccc(-c2ccccc2-n2nc(-c3ccccc3)n(-c3ccccc3)c2=O)c1. The van der Waals surface area contributed by atoms with E-state index in [0.717, 1.165) is 27.9 Å². The average Bonchev–Trinajstić information content (AvgIpc) is 3.30. The molecule has 0 aliphatic carbocycles. The molecule has 1 heterocycles. The Morgan fingerprint density at radius 3 is 2.24 bits per heavy atom. The summed E-state index contributed by atoms with van der Waals surface area (Å²) in [7, 11) is 0. The average molecular weight is 490 g/mol. The van der Waals surface area contributed by atoms with Crippen LogP contribution in [0.25, 0.3) is 33.9 Å². The summed E-state index contributed by atoms with van der Waals surface area (Å²) in [5.41, 5.74) is 4.86. The Morgan fingerprint density at radius 2 is 1.49 bits per heavy atom. The highest BCUT2D eigenvalue weighted by Crippen LogP contribution is 2.28. The van der Waals surface area contributed by atoms with Gasteiger partial charge < -0.3 is 4.74 Å². The van der Waals surface area contributed by atoms with Crippen LogP contribution in [0.5, 0.6) is 0 Å². The van der Waals surface area contributed by atoms with Gasteiger partial charge in [0.05, 0.1) is 18.0 Å². The van der Waals surface area contributed by atoms with Crippen molar-refractivity contribution in [3.05, 3.63) is 125 Å². The van der Waals surface area contributed by atoms with Crippen molar-refractivity contribution in [1.29, 1.82) is 0 Å². The number of esters is 1. The Kier molecular flexibility index (Phi) is 7.08. The highest BCUT2D eigenvalue weighted by atomic mass is 16.5. The molecule has 0 unspecified atom stereocenters. The largest absolute Gasteiger partial charge is 0.466 e. The zero-order valence-electron chi connectivity index (χ0n) is 20.6. The van der Waals surface area contributed by atoms with Crippen molar-refractivity contribution in [1.82, 2.24) is 14.3 Å². The van der Waals surface area contributed by atoms with E-state index < -0.39 is 0 Å². The molecular weight excluding hydrogens is 462 g/mol. The van der Waals surface area contributed by atoms with E-state index in [1.807, 2.05) is 103 Å². The van der Waals surface area contributed by atoms with E-state index in [2.05, 4.69) is 6.07 Å². The topological polar surface area (TPSA) is 66.1 Å². The van der Waals surface area contributed by atoms with Crippen molar-refractivity contribution >= 4 is 5.97 Å². The van der Waals surface area contributed by atoms with E-state index in [0.29, 0.717) is 31.0 Å². The fourth-order valence-electron chi connectivity index (χ4n) is 4.38. The number of hydrogen-bond acceptors (Lipinski definition) is 4. The minimum Gasteiger partial charge on any atom is -0.466 e. The lowest BCUT2D eigenvalue weighted by Crippen LogP contribution is -2.23. The Labute approximate surface area is 215 Å². The van der Waals surface area contributed by atoms with E-state index >= 15 is 0 Å². The third kappa shape index (κ3) is 5.14. The van der Waals surface area contributed by atoms with E-state index in [1.165, 1.54) is 4.68 Å². The maximum absolute atomic E-state index is 13.9. The molecule has 0 aliphatic heterocycles. The number of rotatable bonds is 8. The van der Waals surface area contributed by atoms with E-state index in [-0.39, 0.29) is 11.7 Å². The lowest BCUT2D eigenvalue weighted by molar-refractivity contribution is -0.143. The van der Waals surface area contributed by atoms with Crippen LogP contribution in [0, 0.1) is 0 Å². The first kappa shape index (κ1) is 24.0. The summed E-state index contributed by atoms with van der Waals surface area (Å²) in [5, 5.41) is 4.82. The molecule has 37 heavy (non-hydrogen) atoms. The lowest BCUT2D eigenvalue weighted by Gasteiger charge is -2.10. The molecular formula is C31H27N3O3. The molecule has 5 rings (SSSR count). The summed E-state index contributed by atoms with van der Waals surface area (Å²) in [4.78, 5) is 25.7. The van der Waals surface area contributed by atoms with Gasteiger partial charge in [-0.25, -0.2) is 9.36 Å². The second kappa shape index (κ2) is 10.9. The van der Waals surface area contributed by atoms with Gasteiger partial charge in [-0.3, -0.25) is 4.79 Å². The zero-order chi connectivity index (χ0) is 25.6. The van der Waals surface area contributed by atoms with Gasteiger partial charge >= 0.3 is 11.7 Å². The van der Waals surface area contributed by atoms with Crippen LogP contribution >= 0.6 is 0 Å². The van der Waals surface area contributed by atoms with Crippen LogP contribution in [0.4, 0.5) is 0 Å². The molecule has 4 aromatic carbocycles. The Balaban J connectivity index is 1.61. The molecule has 0 aliphatic rings. The van der Waals surface area contributed by atoms with Gasteiger partial charge in [-0.05, 0) is 42.7 Å². The number of aryl methyl sites for hydroxylation is 1. The highest BCUT2D eigenvalue weighted by Gasteiger charge is 2.19. The number of hydrogen-bond donors (Lipinski definition) is 0. The Hall–Kier alpha value is -4.71. The quantitative estimate of drug-likeness (QED) is 0.256. The molecule has 6 nitrogen and oxygen atoms in total. The van der Waals surface area contributed by atoms with Crippen LogP contribution < -0.4 is 5.69 Å². The molecule has 0 radical (unpaired) electrons. The van der Waals surface area contributed by atoms with Crippen molar-refractivity contribution in [2.75, 3.05) is 6.61 Å². The summed E-state index contributed by atoms with van der Waals surface area (Å²) < 4.78 is 8.18. The highest BCUT2D eigenvalue weighted by molar-refractivity contribution is 5.74. The number of carbonyl (C=O) groups excluding carboxylic acids is 1. The third-order valence-electron chi connectivity index (χ3n) is 6.12. The first-order chi connectivity index (χ1) is 18.2. The number of ether oxygens (including phenoxy) is 1. The zero-order valence-corrected chi connectivity index (χ0v) is 20.6. The molecule has 0 fully saturated rings. The van der Waals surface area contributed by atoms with Gasteiger partial charge in [0.25, 0.3) is 0 Å². The standard InChI is InChI=1S/C31H27N3O3/c1-2-37-29(35)21-20-23-12-11-15-25(22-23)27-18-9-10-19-28(27)34-31(36)33(26-16-7-4-8-17-26)30(32-34)24-13-5-3-6-14-24/h3-19,22H,2,20-21H2,1H3. The predicted molar refractivity (Wildman–Crippen MR) is 145 cm³/mol. The van der Waals surface area contributed by atoms with Crippen LogP contribution in [0.1, 0.15) is 18.9 Å². The van der Waals surface area contributed by atoms with E-state index in [4.69, 9.17) is 9.84 Å². The molecule has 0 atom stereocenters. The van der Waals surface area contributed by atoms with Gasteiger partial charge in [0.2, 0.25) is 0 Å². The van der Waals surface area contributed by atoms with Gasteiger partial charge in [-0.1, -0.05) is 91.0 Å². The van der Waals surface area contributed by atoms with Crippen molar-refractivity contribution in [3.8, 4) is 33.9 Å². The second-order valence-corrected chi connectivity index (χ2v) is 8.58. The summed E-state index contributed by atoms with van der Waals surface area (Å²) in [6, 6.07) is 35.0. The summed E-state index contributed by atoms with van der Waals surface area (Å²) >= 11 is 0. The van der Waals surface area contributed by atoms with Crippen molar-refractivity contribution in [2.45, 2.75) is 19.8 Å². The summed E-state index contributed by atoms with van der Waals surface area (Å²) in [6.45, 7) is 2.18. The van der Waals surface area contributed by atoms with Crippen LogP contribution in [0.15, 0.2) is 114 Å². The number of para-hydroxylation sites is 2. The van der Waals surface area contributed by atoms with Crippen molar-refractivity contribution in [3.63, 3.8) is 0 Å². The molecule has 184 valence electrons. The van der Waals surface area contributed by atoms with Crippen LogP contribution in [0.2, 0.25) is 0 Å². The molecule has 0 spiro atoms. The Morgan fingerprint density at radius 1 is 0.811 bits per heavy atom. The molecule has 0 N–H and O–H groups in total. The minimum atomic E-state index is -0.254. The fraction of sp³-hybridized carbons (Fsp3) is 0.129. The normalized spacial score (nSPS) is 10.8. The molecule has 1 aromatic heterocycles. The molecule has 0 saturated carbocycles. The summed E-state index contributed by atoms with van der Waals surface area (Å²) in [5.74, 6) is 0.356. The number of benzene rings is 4. The van der Waals surface area contributed by atoms with Gasteiger partial charge in [0, 0.05) is 17.5 Å². The third-order valence-corrected chi connectivity index (χ3v) is 6.12. The number of nitrogens with zero attached hydrogens (tertiary/aromatic N) is 3. The second-order valence-electron chi connectivity index (χ2n) is 8.58. The van der Waals surface area contributed by atoms with Crippen LogP contribution in [-0.2, 0) is 16.0 Å². The molecule has 0 bridgehead atoms. The molecule has 0 amide bonds. The summed E-state index contributed by atoms with van der Waals surface area (Å²) in [6.07, 6.45) is 0.899. The van der Waals surface area contributed by atoms with Gasteiger partial charge in [-0.2, -0.15) is 4.68 Å². The maximum Gasteiger partial charge on any atom is 0.355 e. The van der Waals surface area contributed by atoms with E-state index in [9.17, 15) is 9.59 Å². The number of aromatic nitrogens is 3. The maximum atomic E-state index is 13.9. The Bertz CT molecular complexity index is 1570. The van der Waals surface area contributed by atoms with E-state index in [1.54, 1.807) is 11.5 Å². The molecule has 0 saturated heterocycles. The van der Waals surface area contributed by atoms with Gasteiger partial charge in [-0.15, -0.1) is 5.10 Å². The van der Waals surface area contributed by atoms with Gasteiger partial charge in [0.1, 0.15) is 0 Å². The molecule has 6 heteroatoms.